The summed E-state index contributed by atoms with van der Waals surface area (Å²) in [6.07, 6.45) is 0. The molecule has 3 heteroatoms. The summed E-state index contributed by atoms with van der Waals surface area (Å²) in [6.45, 7) is 12.2. The van der Waals surface area contributed by atoms with Crippen LogP contribution in [0.2, 0.25) is 0 Å². The highest BCUT2D eigenvalue weighted by molar-refractivity contribution is 5.25. The molecular formula is C17H29FN2. The Morgan fingerprint density at radius 1 is 1.15 bits per heavy atom. The SMILES string of the molecule is CC(C)CNCc1ccc(F)c(CN(C)CC(C)C)c1. The van der Waals surface area contributed by atoms with Crippen LogP contribution in [-0.4, -0.2) is 25.0 Å². The van der Waals surface area contributed by atoms with Crippen molar-refractivity contribution in [2.75, 3.05) is 20.1 Å². The third-order valence-corrected chi connectivity index (χ3v) is 3.11. The lowest BCUT2D eigenvalue weighted by Crippen LogP contribution is -2.23. The van der Waals surface area contributed by atoms with Crippen LogP contribution in [0.25, 0.3) is 0 Å². The van der Waals surface area contributed by atoms with Crippen LogP contribution < -0.4 is 5.32 Å². The highest BCUT2D eigenvalue weighted by Gasteiger charge is 2.08. The van der Waals surface area contributed by atoms with Crippen molar-refractivity contribution in [2.45, 2.75) is 40.8 Å². The number of rotatable bonds is 8. The molecule has 1 aromatic rings. The summed E-state index contributed by atoms with van der Waals surface area (Å²) in [4.78, 5) is 2.18. The van der Waals surface area contributed by atoms with Crippen LogP contribution >= 0.6 is 0 Å². The van der Waals surface area contributed by atoms with Gasteiger partial charge in [0.05, 0.1) is 0 Å². The fourth-order valence-electron chi connectivity index (χ4n) is 2.34. The molecule has 0 fully saturated rings. The molecule has 0 aliphatic rings. The van der Waals surface area contributed by atoms with E-state index in [9.17, 15) is 4.39 Å². The number of nitrogens with zero attached hydrogens (tertiary/aromatic N) is 1. The van der Waals surface area contributed by atoms with Gasteiger partial charge >= 0.3 is 0 Å². The summed E-state index contributed by atoms with van der Waals surface area (Å²) in [7, 11) is 2.04. The molecular weight excluding hydrogens is 251 g/mol. The summed E-state index contributed by atoms with van der Waals surface area (Å²) >= 11 is 0. The van der Waals surface area contributed by atoms with E-state index in [1.54, 1.807) is 6.07 Å². The average molecular weight is 280 g/mol. The largest absolute Gasteiger partial charge is 0.312 e. The molecule has 0 heterocycles. The van der Waals surface area contributed by atoms with Crippen molar-refractivity contribution in [3.05, 3.63) is 35.1 Å². The van der Waals surface area contributed by atoms with Crippen molar-refractivity contribution in [2.24, 2.45) is 11.8 Å². The Balaban J connectivity index is 2.61. The third-order valence-electron chi connectivity index (χ3n) is 3.11. The summed E-state index contributed by atoms with van der Waals surface area (Å²) in [6, 6.07) is 5.44. The highest BCUT2D eigenvalue weighted by Crippen LogP contribution is 2.13. The van der Waals surface area contributed by atoms with E-state index in [2.05, 4.69) is 37.9 Å². The van der Waals surface area contributed by atoms with Crippen molar-refractivity contribution in [1.82, 2.24) is 10.2 Å². The molecule has 20 heavy (non-hydrogen) atoms. The normalized spacial score (nSPS) is 11.8. The van der Waals surface area contributed by atoms with Gasteiger partial charge in [-0.2, -0.15) is 0 Å². The van der Waals surface area contributed by atoms with Gasteiger partial charge in [-0.3, -0.25) is 0 Å². The Kier molecular flexibility index (Phi) is 7.17. The van der Waals surface area contributed by atoms with E-state index in [0.29, 0.717) is 18.4 Å². The van der Waals surface area contributed by atoms with Crippen molar-refractivity contribution in [3.63, 3.8) is 0 Å². The smallest absolute Gasteiger partial charge is 0.127 e. The molecule has 0 aliphatic carbocycles. The quantitative estimate of drug-likeness (QED) is 0.782. The molecule has 114 valence electrons. The molecule has 0 unspecified atom stereocenters. The van der Waals surface area contributed by atoms with Gasteiger partial charge in [-0.05, 0) is 37.1 Å². The minimum atomic E-state index is -0.104. The summed E-state index contributed by atoms with van der Waals surface area (Å²) < 4.78 is 13.9. The predicted octanol–water partition coefficient (Wildman–Crippen LogP) is 3.66. The zero-order valence-corrected chi connectivity index (χ0v) is 13.5. The van der Waals surface area contributed by atoms with Crippen LogP contribution in [0.4, 0.5) is 4.39 Å². The predicted molar refractivity (Wildman–Crippen MR) is 84.1 cm³/mol. The van der Waals surface area contributed by atoms with E-state index in [1.807, 2.05) is 19.2 Å². The maximum absolute atomic E-state index is 13.9. The van der Waals surface area contributed by atoms with Gasteiger partial charge in [0.25, 0.3) is 0 Å². The lowest BCUT2D eigenvalue weighted by atomic mass is 10.1. The Hall–Kier alpha value is -0.930. The van der Waals surface area contributed by atoms with Crippen LogP contribution in [0, 0.1) is 17.7 Å². The summed E-state index contributed by atoms with van der Waals surface area (Å²) in [5.74, 6) is 1.12. The fraction of sp³-hybridized carbons (Fsp3) is 0.647. The second-order valence-corrected chi connectivity index (χ2v) is 6.54. The Morgan fingerprint density at radius 3 is 2.45 bits per heavy atom. The first-order valence-electron chi connectivity index (χ1n) is 7.55. The minimum absolute atomic E-state index is 0.104. The van der Waals surface area contributed by atoms with Crippen molar-refractivity contribution in [1.29, 1.82) is 0 Å². The minimum Gasteiger partial charge on any atom is -0.312 e. The number of hydrogen-bond donors (Lipinski definition) is 1. The second kappa shape index (κ2) is 8.38. The number of benzene rings is 1. The standard InChI is InChI=1S/C17H29FN2/c1-13(2)9-19-10-15-6-7-17(18)16(8-15)12-20(5)11-14(3)4/h6-8,13-14,19H,9-12H2,1-5H3. The molecule has 0 saturated carbocycles. The average Bonchev–Trinajstić information content (AvgIpc) is 2.31. The van der Waals surface area contributed by atoms with Gasteiger partial charge in [0.2, 0.25) is 0 Å². The molecule has 0 amide bonds. The monoisotopic (exact) mass is 280 g/mol. The molecule has 0 aromatic heterocycles. The Labute approximate surface area is 123 Å². The first-order valence-corrected chi connectivity index (χ1v) is 7.55. The van der Waals surface area contributed by atoms with Crippen molar-refractivity contribution < 1.29 is 4.39 Å². The molecule has 0 aliphatic heterocycles. The van der Waals surface area contributed by atoms with Gasteiger partial charge in [0.15, 0.2) is 0 Å². The van der Waals surface area contributed by atoms with Gasteiger partial charge in [-0.1, -0.05) is 39.8 Å². The summed E-state index contributed by atoms with van der Waals surface area (Å²) in [5.41, 5.74) is 1.94. The molecule has 2 nitrogen and oxygen atoms in total. The van der Waals surface area contributed by atoms with Gasteiger partial charge < -0.3 is 10.2 Å². The van der Waals surface area contributed by atoms with Gasteiger partial charge in [0, 0.05) is 25.2 Å². The van der Waals surface area contributed by atoms with E-state index in [4.69, 9.17) is 0 Å². The highest BCUT2D eigenvalue weighted by atomic mass is 19.1. The zero-order chi connectivity index (χ0) is 15.1. The van der Waals surface area contributed by atoms with E-state index in [0.717, 1.165) is 30.8 Å². The third kappa shape index (κ3) is 6.49. The molecule has 1 rings (SSSR count). The first kappa shape index (κ1) is 17.1. The van der Waals surface area contributed by atoms with Crippen molar-refractivity contribution in [3.8, 4) is 0 Å². The van der Waals surface area contributed by atoms with E-state index >= 15 is 0 Å². The van der Waals surface area contributed by atoms with Crippen LogP contribution in [0.1, 0.15) is 38.8 Å². The Bertz CT molecular complexity index is 402. The molecule has 0 radical (unpaired) electrons. The lowest BCUT2D eigenvalue weighted by molar-refractivity contribution is 0.284. The van der Waals surface area contributed by atoms with Gasteiger partial charge in [0.1, 0.15) is 5.82 Å². The lowest BCUT2D eigenvalue weighted by Gasteiger charge is -2.19. The molecule has 0 saturated heterocycles. The van der Waals surface area contributed by atoms with Crippen LogP contribution in [0.15, 0.2) is 18.2 Å². The zero-order valence-electron chi connectivity index (χ0n) is 13.5. The van der Waals surface area contributed by atoms with E-state index in [1.165, 1.54) is 0 Å². The Morgan fingerprint density at radius 2 is 1.85 bits per heavy atom. The molecule has 1 N–H and O–H groups in total. The van der Waals surface area contributed by atoms with Crippen LogP contribution in [0.5, 0.6) is 0 Å². The number of nitrogens with one attached hydrogen (secondary N) is 1. The van der Waals surface area contributed by atoms with Gasteiger partial charge in [-0.15, -0.1) is 0 Å². The second-order valence-electron chi connectivity index (χ2n) is 6.54. The molecule has 0 spiro atoms. The topological polar surface area (TPSA) is 15.3 Å². The van der Waals surface area contributed by atoms with E-state index < -0.39 is 0 Å². The van der Waals surface area contributed by atoms with Crippen LogP contribution in [-0.2, 0) is 13.1 Å². The summed E-state index contributed by atoms with van der Waals surface area (Å²) in [5, 5.41) is 3.40. The number of hydrogen-bond acceptors (Lipinski definition) is 2. The molecule has 0 bridgehead atoms. The van der Waals surface area contributed by atoms with Crippen LogP contribution in [0.3, 0.4) is 0 Å². The van der Waals surface area contributed by atoms with Crippen molar-refractivity contribution >= 4 is 0 Å². The number of halogens is 1. The van der Waals surface area contributed by atoms with Gasteiger partial charge in [-0.25, -0.2) is 4.39 Å². The molecule has 1 aromatic carbocycles. The molecule has 0 atom stereocenters. The fourth-order valence-corrected chi connectivity index (χ4v) is 2.34. The van der Waals surface area contributed by atoms with E-state index in [-0.39, 0.29) is 5.82 Å². The maximum atomic E-state index is 13.9. The maximum Gasteiger partial charge on any atom is 0.127 e. The first-order chi connectivity index (χ1) is 9.38.